The smallest absolute Gasteiger partial charge is 0.306 e. The van der Waals surface area contributed by atoms with E-state index in [0.717, 1.165) is 89.9 Å². The Morgan fingerprint density at radius 2 is 0.949 bits per heavy atom. The number of aliphatic carboxylic acids is 1. The Morgan fingerprint density at radius 1 is 0.525 bits per heavy atom. The van der Waals surface area contributed by atoms with Gasteiger partial charge in [-0.1, -0.05) is 158 Å². The summed E-state index contributed by atoms with van der Waals surface area (Å²) >= 11 is 0. The number of allylic oxidation sites excluding steroid dienone is 10. The van der Waals surface area contributed by atoms with Crippen molar-refractivity contribution in [3.8, 4) is 0 Å². The van der Waals surface area contributed by atoms with Gasteiger partial charge in [0, 0.05) is 19.3 Å². The second-order valence-electron chi connectivity index (χ2n) is 17.0. The van der Waals surface area contributed by atoms with Crippen LogP contribution in [0, 0.1) is 0 Å². The van der Waals surface area contributed by atoms with Gasteiger partial charge in [0.05, 0.1) is 40.3 Å². The molecule has 0 N–H and O–H groups in total. The lowest BCUT2D eigenvalue weighted by atomic mass is 10.1. The molecule has 0 bridgehead atoms. The zero-order valence-electron chi connectivity index (χ0n) is 38.7. The lowest BCUT2D eigenvalue weighted by Gasteiger charge is -2.34. The second-order valence-corrected chi connectivity index (χ2v) is 17.0. The Kier molecular flexibility index (Phi) is 39.6. The topological polar surface area (TPSA) is 102 Å². The van der Waals surface area contributed by atoms with Crippen molar-refractivity contribution >= 4 is 17.9 Å². The first kappa shape index (κ1) is 56.0. The van der Waals surface area contributed by atoms with Crippen molar-refractivity contribution in [2.45, 2.75) is 206 Å². The van der Waals surface area contributed by atoms with Crippen molar-refractivity contribution in [1.29, 1.82) is 0 Å². The molecule has 0 aromatic rings. The van der Waals surface area contributed by atoms with Crippen LogP contribution in [0.2, 0.25) is 0 Å². The van der Waals surface area contributed by atoms with Crippen molar-refractivity contribution in [2.75, 3.05) is 41.0 Å². The van der Waals surface area contributed by atoms with Crippen LogP contribution in [-0.2, 0) is 28.6 Å². The summed E-state index contributed by atoms with van der Waals surface area (Å²) in [7, 11) is 5.40. The molecule has 2 unspecified atom stereocenters. The molecule has 0 saturated heterocycles. The molecule has 0 aliphatic heterocycles. The number of carboxylic acid groups (broad SMARTS) is 1. The highest BCUT2D eigenvalue weighted by atomic mass is 16.6. The fourth-order valence-electron chi connectivity index (χ4n) is 6.70. The summed E-state index contributed by atoms with van der Waals surface area (Å²) in [5.74, 6) is -1.77. The summed E-state index contributed by atoms with van der Waals surface area (Å²) in [5, 5.41) is 11.6. The van der Waals surface area contributed by atoms with Gasteiger partial charge in [0.2, 0.25) is 0 Å². The summed E-state index contributed by atoms with van der Waals surface area (Å²) in [4.78, 5) is 36.9. The number of hydrogen-bond acceptors (Lipinski definition) is 7. The summed E-state index contributed by atoms with van der Waals surface area (Å²) in [6.07, 6.45) is 51.0. The quantitative estimate of drug-likeness (QED) is 0.0261. The normalized spacial score (nSPS) is 13.4. The number of hydrogen-bond donors (Lipinski definition) is 0. The van der Waals surface area contributed by atoms with Crippen molar-refractivity contribution < 1.29 is 38.2 Å². The molecule has 8 nitrogen and oxygen atoms in total. The van der Waals surface area contributed by atoms with E-state index in [2.05, 4.69) is 74.6 Å². The fourth-order valence-corrected chi connectivity index (χ4v) is 6.70. The van der Waals surface area contributed by atoms with E-state index in [0.29, 0.717) is 12.8 Å². The van der Waals surface area contributed by atoms with E-state index in [1.165, 1.54) is 70.6 Å². The molecule has 0 aromatic carbocycles. The summed E-state index contributed by atoms with van der Waals surface area (Å²) in [6.45, 7) is 4.53. The van der Waals surface area contributed by atoms with Crippen LogP contribution in [0.25, 0.3) is 0 Å². The van der Waals surface area contributed by atoms with Crippen LogP contribution in [-0.4, -0.2) is 75.5 Å². The van der Waals surface area contributed by atoms with Crippen LogP contribution < -0.4 is 5.11 Å². The molecule has 59 heavy (non-hydrogen) atoms. The fraction of sp³-hybridized carbons (Fsp3) is 0.745. The number of quaternary nitrogens is 1. The summed E-state index contributed by atoms with van der Waals surface area (Å²) < 4.78 is 17.2. The molecule has 0 amide bonds. The molecular formula is C51H89NO7. The minimum atomic E-state index is -1.13. The van der Waals surface area contributed by atoms with E-state index in [4.69, 9.17) is 14.2 Å². The van der Waals surface area contributed by atoms with E-state index in [1.807, 2.05) is 0 Å². The van der Waals surface area contributed by atoms with Gasteiger partial charge in [-0.2, -0.15) is 0 Å². The zero-order chi connectivity index (χ0) is 43.5. The molecule has 340 valence electrons. The van der Waals surface area contributed by atoms with Crippen molar-refractivity contribution in [3.05, 3.63) is 60.8 Å². The van der Waals surface area contributed by atoms with E-state index in [-0.39, 0.29) is 42.7 Å². The third-order valence-corrected chi connectivity index (χ3v) is 10.4. The maximum Gasteiger partial charge on any atom is 0.306 e. The van der Waals surface area contributed by atoms with Gasteiger partial charge in [-0.05, 0) is 77.0 Å². The third kappa shape index (κ3) is 40.2. The van der Waals surface area contributed by atoms with Gasteiger partial charge in [-0.25, -0.2) is 0 Å². The number of carboxylic acids is 1. The monoisotopic (exact) mass is 828 g/mol. The zero-order valence-corrected chi connectivity index (χ0v) is 38.7. The van der Waals surface area contributed by atoms with Gasteiger partial charge in [0.25, 0.3) is 0 Å². The van der Waals surface area contributed by atoms with Gasteiger partial charge in [-0.15, -0.1) is 0 Å². The Morgan fingerprint density at radius 3 is 1.42 bits per heavy atom. The van der Waals surface area contributed by atoms with Gasteiger partial charge in [0.1, 0.15) is 12.6 Å². The van der Waals surface area contributed by atoms with E-state index >= 15 is 0 Å². The first-order valence-electron chi connectivity index (χ1n) is 23.8. The molecule has 0 aliphatic carbocycles. The van der Waals surface area contributed by atoms with Crippen molar-refractivity contribution in [1.82, 2.24) is 0 Å². The molecule has 0 fully saturated rings. The third-order valence-electron chi connectivity index (χ3n) is 10.4. The highest BCUT2D eigenvalue weighted by Gasteiger charge is 2.25. The van der Waals surface area contributed by atoms with Crippen LogP contribution >= 0.6 is 0 Å². The molecule has 0 spiro atoms. The second kappa shape index (κ2) is 41.8. The number of carbonyl (C=O) groups excluding carboxylic acids is 3. The first-order chi connectivity index (χ1) is 28.6. The SMILES string of the molecule is CC/C=C/C/C=C/C/C=C/C/C=C/CCCCCCCCC(=O)OC(COCCC(C(=O)[O-])[N+](C)(C)C)COC(=O)CCCCCCC/C=C/CCCCCCCCC. The van der Waals surface area contributed by atoms with Gasteiger partial charge < -0.3 is 28.6 Å². The average molecular weight is 828 g/mol. The molecule has 0 saturated carbocycles. The van der Waals surface area contributed by atoms with Gasteiger partial charge >= 0.3 is 11.9 Å². The number of unbranched alkanes of at least 4 members (excludes halogenated alkanes) is 18. The maximum absolute atomic E-state index is 12.8. The molecule has 0 radical (unpaired) electrons. The minimum Gasteiger partial charge on any atom is -0.544 e. The van der Waals surface area contributed by atoms with E-state index in [1.54, 1.807) is 21.1 Å². The predicted molar refractivity (Wildman–Crippen MR) is 245 cm³/mol. The number of likely N-dealkylation sites (N-methyl/N-ethyl adjacent to an activating group) is 1. The number of ether oxygens (including phenoxy) is 3. The first-order valence-corrected chi connectivity index (χ1v) is 23.8. The Hall–Kier alpha value is -2.97. The molecule has 0 aliphatic rings. The molecule has 0 heterocycles. The Bertz CT molecular complexity index is 1150. The molecule has 8 heteroatoms. The number of rotatable bonds is 42. The highest BCUT2D eigenvalue weighted by molar-refractivity contribution is 5.70. The van der Waals surface area contributed by atoms with Crippen LogP contribution in [0.1, 0.15) is 194 Å². The van der Waals surface area contributed by atoms with Gasteiger partial charge in [-0.3, -0.25) is 9.59 Å². The van der Waals surface area contributed by atoms with Crippen LogP contribution in [0.4, 0.5) is 0 Å². The molecule has 2 atom stereocenters. The van der Waals surface area contributed by atoms with Crippen LogP contribution in [0.3, 0.4) is 0 Å². The average Bonchev–Trinajstić information content (AvgIpc) is 3.19. The van der Waals surface area contributed by atoms with E-state index < -0.39 is 18.1 Å². The Labute approximate surface area is 362 Å². The van der Waals surface area contributed by atoms with Crippen molar-refractivity contribution in [3.63, 3.8) is 0 Å². The largest absolute Gasteiger partial charge is 0.544 e. The van der Waals surface area contributed by atoms with Crippen molar-refractivity contribution in [2.24, 2.45) is 0 Å². The highest BCUT2D eigenvalue weighted by Crippen LogP contribution is 2.14. The molecule has 0 rings (SSSR count). The Balaban J connectivity index is 4.35. The lowest BCUT2D eigenvalue weighted by Crippen LogP contribution is -2.55. The standard InChI is InChI=1S/C51H89NO7/c1-6-8-10-12-14-16-18-20-22-24-25-26-28-30-32-34-36-38-40-42-50(54)59-47(45-57-44-43-48(51(55)56)52(3,4)5)46-58-49(53)41-39-37-35-33-31-29-27-23-21-19-17-15-13-11-9-7-2/h8,10,14,16,20,22-23,25-27,47-48H,6-7,9,11-13,15,17-19,21,24,28-46H2,1-5H3/b10-8+,16-14+,22-20+,26-25+,27-23+. The van der Waals surface area contributed by atoms with Crippen LogP contribution in [0.5, 0.6) is 0 Å². The summed E-state index contributed by atoms with van der Waals surface area (Å²) in [5.41, 5.74) is 0. The van der Waals surface area contributed by atoms with Crippen LogP contribution in [0.15, 0.2) is 60.8 Å². The maximum atomic E-state index is 12.8. The van der Waals surface area contributed by atoms with Gasteiger partial charge in [0.15, 0.2) is 6.10 Å². The number of esters is 2. The minimum absolute atomic E-state index is 0.0305. The molecule has 0 aromatic heterocycles. The molecular weight excluding hydrogens is 739 g/mol. The predicted octanol–water partition coefficient (Wildman–Crippen LogP) is 12.0. The number of nitrogens with zero attached hydrogens (tertiary/aromatic N) is 1. The summed E-state index contributed by atoms with van der Waals surface area (Å²) in [6, 6.07) is -0.732. The van der Waals surface area contributed by atoms with E-state index in [9.17, 15) is 19.5 Å². The lowest BCUT2D eigenvalue weighted by molar-refractivity contribution is -0.889. The number of carbonyl (C=O) groups is 3.